The summed E-state index contributed by atoms with van der Waals surface area (Å²) in [5.74, 6) is 0. The van der Waals surface area contributed by atoms with Gasteiger partial charge in [0.2, 0.25) is 0 Å². The molecule has 0 aliphatic carbocycles. The Kier molecular flexibility index (Phi) is 3.85. The van der Waals surface area contributed by atoms with Gasteiger partial charge < -0.3 is 15.0 Å². The number of ether oxygens (including phenoxy) is 1. The van der Waals surface area contributed by atoms with E-state index in [0.29, 0.717) is 12.6 Å². The number of para-hydroxylation sites is 1. The average molecular weight is 272 g/mol. The fourth-order valence-corrected chi connectivity index (χ4v) is 2.73. The Morgan fingerprint density at radius 2 is 2.35 bits per heavy atom. The van der Waals surface area contributed by atoms with Gasteiger partial charge in [-0.3, -0.25) is 4.79 Å². The highest BCUT2D eigenvalue weighted by Crippen LogP contribution is 2.15. The first-order chi connectivity index (χ1) is 9.74. The van der Waals surface area contributed by atoms with Crippen LogP contribution in [0.3, 0.4) is 0 Å². The number of aromatic amines is 1. The van der Waals surface area contributed by atoms with Crippen molar-refractivity contribution in [3.05, 3.63) is 45.7 Å². The fourth-order valence-electron chi connectivity index (χ4n) is 2.73. The van der Waals surface area contributed by atoms with Crippen molar-refractivity contribution >= 4 is 10.9 Å². The summed E-state index contributed by atoms with van der Waals surface area (Å²) in [6.07, 6.45) is 2.56. The van der Waals surface area contributed by atoms with E-state index in [9.17, 15) is 4.79 Å². The van der Waals surface area contributed by atoms with Crippen molar-refractivity contribution in [3.8, 4) is 0 Å². The molecule has 0 spiro atoms. The quantitative estimate of drug-likeness (QED) is 0.896. The van der Waals surface area contributed by atoms with Gasteiger partial charge in [0.05, 0.1) is 11.6 Å². The van der Waals surface area contributed by atoms with Gasteiger partial charge >= 0.3 is 0 Å². The van der Waals surface area contributed by atoms with Crippen LogP contribution in [-0.4, -0.2) is 24.2 Å². The van der Waals surface area contributed by atoms with Crippen LogP contribution < -0.4 is 10.9 Å². The molecule has 4 nitrogen and oxygen atoms in total. The smallest absolute Gasteiger partial charge is 0.252 e. The van der Waals surface area contributed by atoms with Gasteiger partial charge in [0, 0.05) is 25.3 Å². The van der Waals surface area contributed by atoms with E-state index in [4.69, 9.17) is 4.74 Å². The number of aryl methyl sites for hydroxylation is 1. The van der Waals surface area contributed by atoms with Gasteiger partial charge in [0.1, 0.15) is 0 Å². The van der Waals surface area contributed by atoms with Crippen LogP contribution in [0.1, 0.15) is 24.0 Å². The molecule has 0 bridgehead atoms. The Morgan fingerprint density at radius 3 is 3.15 bits per heavy atom. The van der Waals surface area contributed by atoms with Crippen LogP contribution in [-0.2, 0) is 11.3 Å². The molecule has 2 aromatic rings. The summed E-state index contributed by atoms with van der Waals surface area (Å²) in [5.41, 5.74) is 2.80. The lowest BCUT2D eigenvalue weighted by Gasteiger charge is -2.11. The van der Waals surface area contributed by atoms with Crippen molar-refractivity contribution in [2.75, 3.05) is 13.2 Å². The second-order valence-electron chi connectivity index (χ2n) is 5.43. The van der Waals surface area contributed by atoms with Gasteiger partial charge in [-0.15, -0.1) is 0 Å². The molecule has 2 N–H and O–H groups in total. The van der Waals surface area contributed by atoms with Crippen LogP contribution in [0.5, 0.6) is 0 Å². The van der Waals surface area contributed by atoms with E-state index in [1.165, 1.54) is 0 Å². The molecule has 4 heteroatoms. The Morgan fingerprint density at radius 1 is 1.45 bits per heavy atom. The number of aromatic nitrogens is 1. The summed E-state index contributed by atoms with van der Waals surface area (Å²) in [4.78, 5) is 15.1. The summed E-state index contributed by atoms with van der Waals surface area (Å²) in [7, 11) is 0. The second-order valence-corrected chi connectivity index (χ2v) is 5.43. The number of benzene rings is 1. The monoisotopic (exact) mass is 272 g/mol. The third-order valence-corrected chi connectivity index (χ3v) is 3.88. The molecule has 1 fully saturated rings. The van der Waals surface area contributed by atoms with Crippen molar-refractivity contribution in [2.24, 2.45) is 0 Å². The summed E-state index contributed by atoms with van der Waals surface area (Å²) in [6, 6.07) is 8.03. The zero-order valence-electron chi connectivity index (χ0n) is 11.7. The van der Waals surface area contributed by atoms with Crippen LogP contribution in [0.2, 0.25) is 0 Å². The minimum atomic E-state index is -0.00774. The van der Waals surface area contributed by atoms with Crippen molar-refractivity contribution in [1.29, 1.82) is 0 Å². The number of hydrogen-bond acceptors (Lipinski definition) is 3. The first-order valence-corrected chi connectivity index (χ1v) is 7.18. The van der Waals surface area contributed by atoms with Gasteiger partial charge in [0.15, 0.2) is 0 Å². The molecule has 106 valence electrons. The standard InChI is InChI=1S/C16H20N2O2/c1-11-4-2-5-12-8-13(16(19)18-15(11)12)9-17-10-14-6-3-7-20-14/h2,4-5,8,14,17H,3,6-7,9-10H2,1H3,(H,18,19)/t14-/m1/s1. The molecule has 0 radical (unpaired) electrons. The number of nitrogens with one attached hydrogen (secondary N) is 2. The number of pyridine rings is 1. The normalized spacial score (nSPS) is 18.8. The lowest BCUT2D eigenvalue weighted by molar-refractivity contribution is 0.110. The highest BCUT2D eigenvalue weighted by Gasteiger charge is 2.14. The molecule has 1 saturated heterocycles. The molecular weight excluding hydrogens is 252 g/mol. The molecule has 1 aromatic carbocycles. The number of fused-ring (bicyclic) bond motifs is 1. The highest BCUT2D eigenvalue weighted by molar-refractivity contribution is 5.81. The third kappa shape index (κ3) is 2.76. The van der Waals surface area contributed by atoms with Crippen molar-refractivity contribution in [3.63, 3.8) is 0 Å². The third-order valence-electron chi connectivity index (χ3n) is 3.88. The van der Waals surface area contributed by atoms with Crippen LogP contribution in [0.25, 0.3) is 10.9 Å². The molecule has 3 rings (SSSR count). The average Bonchev–Trinajstić information content (AvgIpc) is 2.94. The molecule has 0 amide bonds. The van der Waals surface area contributed by atoms with Gasteiger partial charge in [-0.2, -0.15) is 0 Å². The molecule has 0 unspecified atom stereocenters. The number of hydrogen-bond donors (Lipinski definition) is 2. The summed E-state index contributed by atoms with van der Waals surface area (Å²) >= 11 is 0. The molecule has 1 aliphatic heterocycles. The summed E-state index contributed by atoms with van der Waals surface area (Å²) < 4.78 is 5.56. The maximum absolute atomic E-state index is 12.1. The van der Waals surface area contributed by atoms with Gasteiger partial charge in [0.25, 0.3) is 5.56 Å². The summed E-state index contributed by atoms with van der Waals surface area (Å²) in [5, 5.41) is 4.40. The zero-order chi connectivity index (χ0) is 13.9. The predicted octanol–water partition coefficient (Wildman–Crippen LogP) is 2.11. The van der Waals surface area contributed by atoms with E-state index in [2.05, 4.69) is 10.3 Å². The SMILES string of the molecule is Cc1cccc2cc(CNC[C@H]3CCCO3)c(=O)[nH]c12. The van der Waals surface area contributed by atoms with E-state index in [1.54, 1.807) is 0 Å². The summed E-state index contributed by atoms with van der Waals surface area (Å²) in [6.45, 7) is 4.26. The first kappa shape index (κ1) is 13.3. The molecule has 1 aromatic heterocycles. The Labute approximate surface area is 118 Å². The molecule has 20 heavy (non-hydrogen) atoms. The van der Waals surface area contributed by atoms with E-state index in [1.807, 2.05) is 31.2 Å². The van der Waals surface area contributed by atoms with Crippen LogP contribution in [0.15, 0.2) is 29.1 Å². The van der Waals surface area contributed by atoms with E-state index in [-0.39, 0.29) is 5.56 Å². The zero-order valence-corrected chi connectivity index (χ0v) is 11.7. The van der Waals surface area contributed by atoms with Crippen molar-refractivity contribution in [1.82, 2.24) is 10.3 Å². The minimum absolute atomic E-state index is 0.00774. The second kappa shape index (κ2) is 5.77. The topological polar surface area (TPSA) is 54.1 Å². The maximum atomic E-state index is 12.1. The number of rotatable bonds is 4. The molecule has 1 aliphatic rings. The van der Waals surface area contributed by atoms with Crippen molar-refractivity contribution < 1.29 is 4.74 Å². The van der Waals surface area contributed by atoms with Crippen molar-refractivity contribution in [2.45, 2.75) is 32.4 Å². The minimum Gasteiger partial charge on any atom is -0.377 e. The fraction of sp³-hybridized carbons (Fsp3) is 0.438. The number of H-pyrrole nitrogens is 1. The predicted molar refractivity (Wildman–Crippen MR) is 80.0 cm³/mol. The molecular formula is C16H20N2O2. The Hall–Kier alpha value is -1.65. The largest absolute Gasteiger partial charge is 0.377 e. The highest BCUT2D eigenvalue weighted by atomic mass is 16.5. The van der Waals surface area contributed by atoms with E-state index >= 15 is 0 Å². The van der Waals surface area contributed by atoms with Crippen LogP contribution >= 0.6 is 0 Å². The van der Waals surface area contributed by atoms with Gasteiger partial charge in [-0.25, -0.2) is 0 Å². The lowest BCUT2D eigenvalue weighted by Crippen LogP contribution is -2.28. The Balaban J connectivity index is 1.74. The molecule has 2 heterocycles. The van der Waals surface area contributed by atoms with Crippen LogP contribution in [0.4, 0.5) is 0 Å². The van der Waals surface area contributed by atoms with Crippen LogP contribution in [0, 0.1) is 6.92 Å². The lowest BCUT2D eigenvalue weighted by atomic mass is 10.1. The van der Waals surface area contributed by atoms with E-state index in [0.717, 1.165) is 48.0 Å². The van der Waals surface area contributed by atoms with E-state index < -0.39 is 0 Å². The van der Waals surface area contributed by atoms with Gasteiger partial charge in [-0.05, 0) is 36.8 Å². The first-order valence-electron chi connectivity index (χ1n) is 7.18. The molecule has 1 atom stereocenters. The maximum Gasteiger partial charge on any atom is 0.252 e. The van der Waals surface area contributed by atoms with Gasteiger partial charge in [-0.1, -0.05) is 18.2 Å². The Bertz CT molecular complexity index is 657. The molecule has 0 saturated carbocycles.